The quantitative estimate of drug-likeness (QED) is 0.530. The van der Waals surface area contributed by atoms with Crippen LogP contribution < -0.4 is 10.6 Å². The van der Waals surface area contributed by atoms with E-state index in [0.29, 0.717) is 11.3 Å². The van der Waals surface area contributed by atoms with Gasteiger partial charge in [-0.05, 0) is 48.7 Å². The number of nitrogen functional groups attached to an aromatic ring is 1. The molecule has 3 rings (SSSR count). The molecule has 2 aromatic rings. The molecule has 0 aromatic heterocycles. The summed E-state index contributed by atoms with van der Waals surface area (Å²) < 4.78 is 0. The fourth-order valence-corrected chi connectivity index (χ4v) is 2.75. The number of nitrogens with two attached hydrogens (primary N) is 1. The molecule has 1 aliphatic heterocycles. The van der Waals surface area contributed by atoms with Gasteiger partial charge in [0.05, 0.1) is 0 Å². The number of carbonyl (C=O) groups is 1. The van der Waals surface area contributed by atoms with Crippen LogP contribution >= 0.6 is 0 Å². The van der Waals surface area contributed by atoms with Gasteiger partial charge in [-0.25, -0.2) is 0 Å². The first-order chi connectivity index (χ1) is 10.7. The van der Waals surface area contributed by atoms with E-state index in [1.54, 1.807) is 18.2 Å². The third-order valence-electron chi connectivity index (χ3n) is 4.02. The first-order valence-electron chi connectivity index (χ1n) is 7.66. The fraction of sp³-hybridized carbons (Fsp3) is 0.211. The molecule has 112 valence electrons. The summed E-state index contributed by atoms with van der Waals surface area (Å²) in [6.07, 6.45) is 5.96. The van der Waals surface area contributed by atoms with Crippen molar-refractivity contribution >= 4 is 23.2 Å². The Morgan fingerprint density at radius 1 is 1.00 bits per heavy atom. The summed E-state index contributed by atoms with van der Waals surface area (Å²) >= 11 is 0. The normalized spacial score (nSPS) is 14.6. The first-order valence-corrected chi connectivity index (χ1v) is 7.66. The molecule has 1 heterocycles. The molecule has 0 aliphatic carbocycles. The number of hydrogen-bond donors (Lipinski definition) is 1. The van der Waals surface area contributed by atoms with Crippen LogP contribution in [0.3, 0.4) is 0 Å². The zero-order chi connectivity index (χ0) is 15.4. The van der Waals surface area contributed by atoms with Gasteiger partial charge in [-0.2, -0.15) is 0 Å². The number of benzene rings is 2. The molecule has 1 saturated heterocycles. The predicted molar refractivity (Wildman–Crippen MR) is 92.1 cm³/mol. The van der Waals surface area contributed by atoms with Crippen LogP contribution in [0.5, 0.6) is 0 Å². The molecule has 2 aromatic carbocycles. The van der Waals surface area contributed by atoms with E-state index in [-0.39, 0.29) is 5.78 Å². The summed E-state index contributed by atoms with van der Waals surface area (Å²) in [6.45, 7) is 2.28. The van der Waals surface area contributed by atoms with E-state index in [1.807, 2.05) is 30.3 Å². The highest BCUT2D eigenvalue weighted by Crippen LogP contribution is 2.21. The fourth-order valence-electron chi connectivity index (χ4n) is 2.75. The summed E-state index contributed by atoms with van der Waals surface area (Å²) in [5.41, 5.74) is 9.16. The maximum Gasteiger partial charge on any atom is 0.187 e. The number of para-hydroxylation sites is 1. The van der Waals surface area contributed by atoms with Gasteiger partial charge in [0.15, 0.2) is 5.78 Å². The van der Waals surface area contributed by atoms with Gasteiger partial charge < -0.3 is 10.6 Å². The Balaban J connectivity index is 1.70. The molecule has 0 bridgehead atoms. The SMILES string of the molecule is Nc1ccccc1C(=O)/C=C/c1ccc(N2CCCC2)cc1. The summed E-state index contributed by atoms with van der Waals surface area (Å²) in [6, 6.07) is 15.5. The standard InChI is InChI=1S/C19H20N2O/c20-18-6-2-1-5-17(18)19(22)12-9-15-7-10-16(11-8-15)21-13-3-4-14-21/h1-2,5-12H,3-4,13-14,20H2/b12-9+. The highest BCUT2D eigenvalue weighted by atomic mass is 16.1. The van der Waals surface area contributed by atoms with Gasteiger partial charge in [-0.15, -0.1) is 0 Å². The number of anilines is 2. The Labute approximate surface area is 131 Å². The van der Waals surface area contributed by atoms with Crippen LogP contribution in [0.1, 0.15) is 28.8 Å². The Morgan fingerprint density at radius 3 is 2.36 bits per heavy atom. The zero-order valence-corrected chi connectivity index (χ0v) is 12.5. The van der Waals surface area contributed by atoms with E-state index in [4.69, 9.17) is 5.73 Å². The molecule has 22 heavy (non-hydrogen) atoms. The molecule has 1 fully saturated rings. The topological polar surface area (TPSA) is 46.3 Å². The number of nitrogens with zero attached hydrogens (tertiary/aromatic N) is 1. The van der Waals surface area contributed by atoms with Crippen LogP contribution in [-0.4, -0.2) is 18.9 Å². The summed E-state index contributed by atoms with van der Waals surface area (Å²) in [4.78, 5) is 14.5. The largest absolute Gasteiger partial charge is 0.398 e. The van der Waals surface area contributed by atoms with E-state index in [9.17, 15) is 4.79 Å². The predicted octanol–water partition coefficient (Wildman–Crippen LogP) is 3.77. The van der Waals surface area contributed by atoms with Crippen LogP contribution in [0, 0.1) is 0 Å². The molecule has 0 radical (unpaired) electrons. The molecule has 0 amide bonds. The molecule has 2 N–H and O–H groups in total. The van der Waals surface area contributed by atoms with E-state index in [1.165, 1.54) is 18.5 Å². The molecular formula is C19H20N2O. The second-order valence-corrected chi connectivity index (χ2v) is 5.57. The van der Waals surface area contributed by atoms with Crippen LogP contribution in [0.25, 0.3) is 6.08 Å². The summed E-state index contributed by atoms with van der Waals surface area (Å²) in [5.74, 6) is -0.0679. The van der Waals surface area contributed by atoms with Crippen LogP contribution in [0.15, 0.2) is 54.6 Å². The van der Waals surface area contributed by atoms with Gasteiger partial charge in [0, 0.05) is 30.0 Å². The van der Waals surface area contributed by atoms with Crippen molar-refractivity contribution in [1.82, 2.24) is 0 Å². The number of carbonyl (C=O) groups excluding carboxylic acids is 1. The van der Waals surface area contributed by atoms with Gasteiger partial charge in [0.1, 0.15) is 0 Å². The molecule has 0 atom stereocenters. The highest BCUT2D eigenvalue weighted by molar-refractivity contribution is 6.10. The van der Waals surface area contributed by atoms with Crippen LogP contribution in [-0.2, 0) is 0 Å². The lowest BCUT2D eigenvalue weighted by Gasteiger charge is -2.17. The van der Waals surface area contributed by atoms with Crippen molar-refractivity contribution in [1.29, 1.82) is 0 Å². The Morgan fingerprint density at radius 2 is 1.68 bits per heavy atom. The van der Waals surface area contributed by atoms with E-state index in [2.05, 4.69) is 17.0 Å². The molecule has 0 unspecified atom stereocenters. The van der Waals surface area contributed by atoms with Crippen LogP contribution in [0.2, 0.25) is 0 Å². The second-order valence-electron chi connectivity index (χ2n) is 5.57. The van der Waals surface area contributed by atoms with Crippen molar-refractivity contribution in [2.24, 2.45) is 0 Å². The summed E-state index contributed by atoms with van der Waals surface area (Å²) in [7, 11) is 0. The number of hydrogen-bond acceptors (Lipinski definition) is 3. The highest BCUT2D eigenvalue weighted by Gasteiger charge is 2.11. The van der Waals surface area contributed by atoms with Crippen molar-refractivity contribution in [3.63, 3.8) is 0 Å². The molecule has 3 heteroatoms. The minimum Gasteiger partial charge on any atom is -0.398 e. The Bertz CT molecular complexity index is 683. The van der Waals surface area contributed by atoms with Crippen molar-refractivity contribution in [3.05, 3.63) is 65.7 Å². The van der Waals surface area contributed by atoms with Gasteiger partial charge in [-0.3, -0.25) is 4.79 Å². The number of allylic oxidation sites excluding steroid dienone is 1. The average Bonchev–Trinajstić information content (AvgIpc) is 3.08. The molecule has 3 nitrogen and oxygen atoms in total. The third-order valence-corrected chi connectivity index (χ3v) is 4.02. The Hall–Kier alpha value is -2.55. The monoisotopic (exact) mass is 292 g/mol. The maximum atomic E-state index is 12.1. The molecule has 0 saturated carbocycles. The molecular weight excluding hydrogens is 272 g/mol. The smallest absolute Gasteiger partial charge is 0.187 e. The maximum absolute atomic E-state index is 12.1. The minimum atomic E-state index is -0.0679. The van der Waals surface area contributed by atoms with E-state index in [0.717, 1.165) is 18.7 Å². The third kappa shape index (κ3) is 3.19. The first kappa shape index (κ1) is 14.4. The molecule has 0 spiro atoms. The lowest BCUT2D eigenvalue weighted by Crippen LogP contribution is -2.17. The van der Waals surface area contributed by atoms with Gasteiger partial charge in [0.2, 0.25) is 0 Å². The van der Waals surface area contributed by atoms with Crippen molar-refractivity contribution < 1.29 is 4.79 Å². The number of rotatable bonds is 4. The second kappa shape index (κ2) is 6.48. The van der Waals surface area contributed by atoms with E-state index >= 15 is 0 Å². The van der Waals surface area contributed by atoms with Gasteiger partial charge in [-0.1, -0.05) is 30.3 Å². The molecule has 1 aliphatic rings. The van der Waals surface area contributed by atoms with Gasteiger partial charge >= 0.3 is 0 Å². The van der Waals surface area contributed by atoms with Crippen molar-refractivity contribution in [2.75, 3.05) is 23.7 Å². The lowest BCUT2D eigenvalue weighted by molar-refractivity contribution is 0.104. The summed E-state index contributed by atoms with van der Waals surface area (Å²) in [5, 5.41) is 0. The van der Waals surface area contributed by atoms with Crippen LogP contribution in [0.4, 0.5) is 11.4 Å². The minimum absolute atomic E-state index is 0.0679. The zero-order valence-electron chi connectivity index (χ0n) is 12.5. The van der Waals surface area contributed by atoms with Gasteiger partial charge in [0.25, 0.3) is 0 Å². The van der Waals surface area contributed by atoms with Crippen molar-refractivity contribution in [3.8, 4) is 0 Å². The Kier molecular flexibility index (Phi) is 4.24. The van der Waals surface area contributed by atoms with Crippen molar-refractivity contribution in [2.45, 2.75) is 12.8 Å². The van der Waals surface area contributed by atoms with E-state index < -0.39 is 0 Å². The lowest BCUT2D eigenvalue weighted by atomic mass is 10.1. The average molecular weight is 292 g/mol. The number of ketones is 1.